The van der Waals surface area contributed by atoms with Gasteiger partial charge in [0.05, 0.1) is 10.3 Å². The molecule has 15 heavy (non-hydrogen) atoms. The highest BCUT2D eigenvalue weighted by Gasteiger charge is 2.21. The molecule has 0 saturated heterocycles. The van der Waals surface area contributed by atoms with Crippen molar-refractivity contribution in [3.05, 3.63) is 29.2 Å². The van der Waals surface area contributed by atoms with Crippen LogP contribution in [0.3, 0.4) is 0 Å². The molecule has 0 aliphatic rings. The molecule has 4 nitrogen and oxygen atoms in total. The summed E-state index contributed by atoms with van der Waals surface area (Å²) in [6, 6.07) is 0. The van der Waals surface area contributed by atoms with Gasteiger partial charge in [0.25, 0.3) is 0 Å². The number of sulfonamides is 1. The van der Waals surface area contributed by atoms with Gasteiger partial charge in [-0.2, -0.15) is 0 Å². The van der Waals surface area contributed by atoms with Crippen LogP contribution < -0.4 is 5.14 Å². The SMILES string of the molecule is C=CCC[C@@H](Cc1nccs1)S(N)(=O)=O. The first-order valence-electron chi connectivity index (χ1n) is 4.55. The number of hydrogen-bond acceptors (Lipinski definition) is 4. The second-order valence-electron chi connectivity index (χ2n) is 3.21. The van der Waals surface area contributed by atoms with E-state index in [9.17, 15) is 8.42 Å². The monoisotopic (exact) mass is 246 g/mol. The lowest BCUT2D eigenvalue weighted by molar-refractivity contribution is 0.571. The van der Waals surface area contributed by atoms with E-state index in [0.29, 0.717) is 19.3 Å². The number of primary sulfonamides is 1. The molecule has 6 heteroatoms. The summed E-state index contributed by atoms with van der Waals surface area (Å²) in [6.07, 6.45) is 4.90. The Kier molecular flexibility index (Phi) is 4.44. The van der Waals surface area contributed by atoms with E-state index in [4.69, 9.17) is 5.14 Å². The Balaban J connectivity index is 2.69. The standard InChI is InChI=1S/C9H14N2O2S2/c1-2-3-4-8(15(10,12)13)7-9-11-5-6-14-9/h2,5-6,8H,1,3-4,7H2,(H2,10,12,13)/t8-/m0/s1. The average Bonchev–Trinajstić information content (AvgIpc) is 2.62. The molecule has 0 saturated carbocycles. The van der Waals surface area contributed by atoms with Crippen molar-refractivity contribution < 1.29 is 8.42 Å². The van der Waals surface area contributed by atoms with Gasteiger partial charge >= 0.3 is 0 Å². The second kappa shape index (κ2) is 5.39. The van der Waals surface area contributed by atoms with Crippen molar-refractivity contribution >= 4 is 21.4 Å². The molecule has 1 atom stereocenters. The minimum absolute atomic E-state index is 0.393. The molecule has 2 N–H and O–H groups in total. The van der Waals surface area contributed by atoms with E-state index in [2.05, 4.69) is 11.6 Å². The Hall–Kier alpha value is -0.720. The van der Waals surface area contributed by atoms with Crippen molar-refractivity contribution in [2.75, 3.05) is 0 Å². The maximum Gasteiger partial charge on any atom is 0.212 e. The van der Waals surface area contributed by atoms with E-state index >= 15 is 0 Å². The zero-order valence-corrected chi connectivity index (χ0v) is 9.93. The zero-order chi connectivity index (χ0) is 11.3. The van der Waals surface area contributed by atoms with Crippen LogP contribution in [0.15, 0.2) is 24.2 Å². The summed E-state index contributed by atoms with van der Waals surface area (Å²) in [7, 11) is -3.49. The van der Waals surface area contributed by atoms with E-state index < -0.39 is 15.3 Å². The molecule has 84 valence electrons. The third kappa shape index (κ3) is 4.11. The van der Waals surface area contributed by atoms with Crippen LogP contribution in [0.4, 0.5) is 0 Å². The van der Waals surface area contributed by atoms with Gasteiger partial charge in [0.2, 0.25) is 10.0 Å². The predicted octanol–water partition coefficient (Wildman–Crippen LogP) is 1.31. The van der Waals surface area contributed by atoms with Gasteiger partial charge in [-0.1, -0.05) is 6.08 Å². The fourth-order valence-electron chi connectivity index (χ4n) is 1.23. The first-order chi connectivity index (χ1) is 7.04. The molecule has 0 radical (unpaired) electrons. The van der Waals surface area contributed by atoms with Crippen molar-refractivity contribution in [1.29, 1.82) is 0 Å². The molecular weight excluding hydrogens is 232 g/mol. The number of rotatable bonds is 6. The first kappa shape index (κ1) is 12.4. The molecule has 1 aromatic heterocycles. The molecule has 0 unspecified atom stereocenters. The molecule has 0 aliphatic carbocycles. The van der Waals surface area contributed by atoms with Crippen LogP contribution in [0.1, 0.15) is 17.8 Å². The molecular formula is C9H14N2O2S2. The molecule has 0 spiro atoms. The smallest absolute Gasteiger partial charge is 0.212 e. The highest BCUT2D eigenvalue weighted by molar-refractivity contribution is 7.89. The maximum atomic E-state index is 11.3. The third-order valence-corrected chi connectivity index (χ3v) is 4.18. The zero-order valence-electron chi connectivity index (χ0n) is 8.30. The van der Waals surface area contributed by atoms with Crippen molar-refractivity contribution in [2.45, 2.75) is 24.5 Å². The van der Waals surface area contributed by atoms with Crippen LogP contribution in [0.5, 0.6) is 0 Å². The number of allylic oxidation sites excluding steroid dienone is 1. The molecule has 1 rings (SSSR count). The fraction of sp³-hybridized carbons (Fsp3) is 0.444. The van der Waals surface area contributed by atoms with Crippen molar-refractivity contribution in [3.8, 4) is 0 Å². The van der Waals surface area contributed by atoms with E-state index in [0.717, 1.165) is 5.01 Å². The Labute approximate surface area is 93.9 Å². The maximum absolute atomic E-state index is 11.3. The number of nitrogens with two attached hydrogens (primary N) is 1. The number of aromatic nitrogens is 1. The minimum Gasteiger partial charge on any atom is -0.250 e. The summed E-state index contributed by atoms with van der Waals surface area (Å²) < 4.78 is 22.6. The first-order valence-corrected chi connectivity index (χ1v) is 7.04. The van der Waals surface area contributed by atoms with Gasteiger partial charge in [0, 0.05) is 18.0 Å². The van der Waals surface area contributed by atoms with Crippen LogP contribution in [-0.2, 0) is 16.4 Å². The molecule has 0 amide bonds. The lowest BCUT2D eigenvalue weighted by atomic mass is 10.2. The quantitative estimate of drug-likeness (QED) is 0.769. The molecule has 0 aromatic carbocycles. The summed E-state index contributed by atoms with van der Waals surface area (Å²) >= 11 is 1.44. The summed E-state index contributed by atoms with van der Waals surface area (Å²) in [5.41, 5.74) is 0. The van der Waals surface area contributed by atoms with E-state index in [1.54, 1.807) is 12.3 Å². The lowest BCUT2D eigenvalue weighted by Gasteiger charge is -2.11. The van der Waals surface area contributed by atoms with Gasteiger partial charge in [-0.15, -0.1) is 17.9 Å². The number of thiazole rings is 1. The molecule has 0 aliphatic heterocycles. The average molecular weight is 246 g/mol. The van der Waals surface area contributed by atoms with Gasteiger partial charge < -0.3 is 0 Å². The number of hydrogen-bond donors (Lipinski definition) is 1. The van der Waals surface area contributed by atoms with Crippen LogP contribution in [0.2, 0.25) is 0 Å². The highest BCUT2D eigenvalue weighted by Crippen LogP contribution is 2.15. The molecule has 1 aromatic rings. The second-order valence-corrected chi connectivity index (χ2v) is 6.03. The van der Waals surface area contributed by atoms with Gasteiger partial charge in [-0.25, -0.2) is 18.5 Å². The normalized spacial score (nSPS) is 13.7. The Morgan fingerprint density at radius 3 is 2.87 bits per heavy atom. The van der Waals surface area contributed by atoms with Gasteiger partial charge in [-0.05, 0) is 12.8 Å². The largest absolute Gasteiger partial charge is 0.250 e. The number of nitrogens with zero attached hydrogens (tertiary/aromatic N) is 1. The molecule has 0 fully saturated rings. The molecule has 0 bridgehead atoms. The Bertz CT molecular complexity index is 398. The molecule has 1 heterocycles. The van der Waals surface area contributed by atoms with Gasteiger partial charge in [-0.3, -0.25) is 0 Å². The third-order valence-electron chi connectivity index (χ3n) is 2.04. The van der Waals surface area contributed by atoms with Crippen molar-refractivity contribution in [2.24, 2.45) is 5.14 Å². The van der Waals surface area contributed by atoms with Gasteiger partial charge in [0.15, 0.2) is 0 Å². The van der Waals surface area contributed by atoms with Crippen LogP contribution in [0, 0.1) is 0 Å². The highest BCUT2D eigenvalue weighted by atomic mass is 32.2. The Morgan fingerprint density at radius 1 is 1.67 bits per heavy atom. The van der Waals surface area contributed by atoms with Gasteiger partial charge in [0.1, 0.15) is 0 Å². The predicted molar refractivity (Wildman–Crippen MR) is 62.1 cm³/mol. The van der Waals surface area contributed by atoms with E-state index in [-0.39, 0.29) is 0 Å². The summed E-state index contributed by atoms with van der Waals surface area (Å²) in [4.78, 5) is 4.05. The summed E-state index contributed by atoms with van der Waals surface area (Å²) in [6.45, 7) is 3.56. The fourth-order valence-corrected chi connectivity index (χ4v) is 2.89. The summed E-state index contributed by atoms with van der Waals surface area (Å²) in [5, 5.41) is 7.22. The van der Waals surface area contributed by atoms with Crippen LogP contribution >= 0.6 is 11.3 Å². The lowest BCUT2D eigenvalue weighted by Crippen LogP contribution is -2.30. The van der Waals surface area contributed by atoms with Crippen LogP contribution in [-0.4, -0.2) is 18.7 Å². The minimum atomic E-state index is -3.49. The van der Waals surface area contributed by atoms with E-state index in [1.807, 2.05) is 5.38 Å². The van der Waals surface area contributed by atoms with E-state index in [1.165, 1.54) is 11.3 Å². The Morgan fingerprint density at radius 2 is 2.40 bits per heavy atom. The topological polar surface area (TPSA) is 73.0 Å². The van der Waals surface area contributed by atoms with Crippen LogP contribution in [0.25, 0.3) is 0 Å². The van der Waals surface area contributed by atoms with Crippen molar-refractivity contribution in [1.82, 2.24) is 4.98 Å². The van der Waals surface area contributed by atoms with Crippen molar-refractivity contribution in [3.63, 3.8) is 0 Å². The summed E-state index contributed by atoms with van der Waals surface area (Å²) in [5.74, 6) is 0.